The molecule has 2 aromatic rings. The number of benzene rings is 2. The first-order chi connectivity index (χ1) is 14.2. The number of alkyl halides is 3. The number of hydrogen-bond donors (Lipinski definition) is 0. The second kappa shape index (κ2) is 9.14. The van der Waals surface area contributed by atoms with Crippen LogP contribution in [0.25, 0.3) is 17.2 Å². The van der Waals surface area contributed by atoms with Gasteiger partial charge >= 0.3 is 6.36 Å². The molecule has 0 amide bonds. The van der Waals surface area contributed by atoms with Gasteiger partial charge < -0.3 is 4.74 Å². The van der Waals surface area contributed by atoms with Crippen molar-refractivity contribution in [3.05, 3.63) is 58.4 Å². The van der Waals surface area contributed by atoms with Crippen molar-refractivity contribution in [3.8, 4) is 16.9 Å². The van der Waals surface area contributed by atoms with Crippen LogP contribution in [0.5, 0.6) is 5.75 Å². The van der Waals surface area contributed by atoms with Gasteiger partial charge in [0.2, 0.25) is 0 Å². The van der Waals surface area contributed by atoms with E-state index in [1.807, 2.05) is 6.08 Å². The van der Waals surface area contributed by atoms with Gasteiger partial charge in [0.15, 0.2) is 11.6 Å². The minimum absolute atomic E-state index is 0.186. The molecule has 0 heterocycles. The van der Waals surface area contributed by atoms with Gasteiger partial charge in [0.05, 0.1) is 5.56 Å². The van der Waals surface area contributed by atoms with Crippen molar-refractivity contribution in [1.29, 1.82) is 0 Å². The van der Waals surface area contributed by atoms with Crippen LogP contribution in [-0.4, -0.2) is 6.36 Å². The van der Waals surface area contributed by atoms with E-state index >= 15 is 4.39 Å². The van der Waals surface area contributed by atoms with E-state index in [-0.39, 0.29) is 5.56 Å². The van der Waals surface area contributed by atoms with Gasteiger partial charge in [-0.2, -0.15) is 0 Å². The van der Waals surface area contributed by atoms with Crippen LogP contribution in [-0.2, 0) is 6.42 Å². The van der Waals surface area contributed by atoms with E-state index in [4.69, 9.17) is 0 Å². The number of hydrogen-bond acceptors (Lipinski definition) is 1. The summed E-state index contributed by atoms with van der Waals surface area (Å²) in [7, 11) is 0. The van der Waals surface area contributed by atoms with Gasteiger partial charge in [0.25, 0.3) is 0 Å². The lowest BCUT2D eigenvalue weighted by Gasteiger charge is -2.20. The zero-order valence-electron chi connectivity index (χ0n) is 16.5. The molecule has 0 aliphatic heterocycles. The molecule has 1 aliphatic carbocycles. The molecule has 0 unspecified atom stereocenters. The molecule has 1 nitrogen and oxygen atoms in total. The van der Waals surface area contributed by atoms with Crippen molar-refractivity contribution < 1.29 is 31.1 Å². The van der Waals surface area contributed by atoms with Gasteiger partial charge in [-0.05, 0) is 60.6 Å². The molecular weight excluding hydrogens is 406 g/mol. The van der Waals surface area contributed by atoms with Crippen LogP contribution < -0.4 is 4.74 Å². The third kappa shape index (κ3) is 5.18. The third-order valence-electron chi connectivity index (χ3n) is 5.21. The molecule has 0 bridgehead atoms. The number of unbranched alkanes of at least 4 members (excludes halogenated alkanes) is 3. The summed E-state index contributed by atoms with van der Waals surface area (Å²) in [6.45, 7) is 2.13. The van der Waals surface area contributed by atoms with Crippen LogP contribution in [0.2, 0.25) is 0 Å². The van der Waals surface area contributed by atoms with Crippen LogP contribution in [0.3, 0.4) is 0 Å². The largest absolute Gasteiger partial charge is 0.573 e. The predicted molar refractivity (Wildman–Crippen MR) is 103 cm³/mol. The Morgan fingerprint density at radius 2 is 1.70 bits per heavy atom. The highest BCUT2D eigenvalue weighted by Crippen LogP contribution is 2.37. The summed E-state index contributed by atoms with van der Waals surface area (Å²) in [6, 6.07) is 3.57. The van der Waals surface area contributed by atoms with Crippen molar-refractivity contribution >= 4 is 6.08 Å². The quantitative estimate of drug-likeness (QED) is 0.321. The van der Waals surface area contributed by atoms with E-state index in [1.54, 1.807) is 0 Å². The summed E-state index contributed by atoms with van der Waals surface area (Å²) in [6.07, 6.45) is 3.11. The minimum Gasteiger partial charge on any atom is -0.403 e. The number of allylic oxidation sites excluding steroid dienone is 1. The van der Waals surface area contributed by atoms with Gasteiger partial charge in [-0.15, -0.1) is 13.2 Å². The summed E-state index contributed by atoms with van der Waals surface area (Å²) in [5, 5.41) is 0. The Hall–Kier alpha value is -2.44. The summed E-state index contributed by atoms with van der Waals surface area (Å²) in [5.41, 5.74) is 1.30. The fourth-order valence-corrected chi connectivity index (χ4v) is 3.74. The topological polar surface area (TPSA) is 9.23 Å². The van der Waals surface area contributed by atoms with Crippen LogP contribution in [0.4, 0.5) is 26.3 Å². The first-order valence-corrected chi connectivity index (χ1v) is 9.95. The van der Waals surface area contributed by atoms with E-state index in [9.17, 15) is 22.0 Å². The Bertz CT molecular complexity index is 946. The fourth-order valence-electron chi connectivity index (χ4n) is 3.74. The van der Waals surface area contributed by atoms with Crippen molar-refractivity contribution in [3.63, 3.8) is 0 Å². The van der Waals surface area contributed by atoms with E-state index in [0.717, 1.165) is 43.7 Å². The number of fused-ring (bicyclic) bond motifs is 1. The minimum atomic E-state index is -5.06. The highest BCUT2D eigenvalue weighted by Gasteiger charge is 2.32. The highest BCUT2D eigenvalue weighted by molar-refractivity contribution is 5.71. The lowest BCUT2D eigenvalue weighted by atomic mass is 9.87. The summed E-state index contributed by atoms with van der Waals surface area (Å²) in [4.78, 5) is 0. The molecule has 7 heteroatoms. The summed E-state index contributed by atoms with van der Waals surface area (Å²) < 4.78 is 84.2. The first-order valence-electron chi connectivity index (χ1n) is 9.95. The summed E-state index contributed by atoms with van der Waals surface area (Å²) in [5.74, 6) is -4.11. The normalized spacial score (nSPS) is 13.8. The number of ether oxygens (including phenoxy) is 1. The van der Waals surface area contributed by atoms with Crippen LogP contribution in [0, 0.1) is 17.5 Å². The number of rotatable bonds is 7. The lowest BCUT2D eigenvalue weighted by molar-refractivity contribution is -0.275. The Labute approximate surface area is 171 Å². The monoisotopic (exact) mass is 428 g/mol. The molecule has 3 rings (SSSR count). The van der Waals surface area contributed by atoms with Crippen molar-refractivity contribution in [1.82, 2.24) is 0 Å². The Kier molecular flexibility index (Phi) is 6.78. The highest BCUT2D eigenvalue weighted by atomic mass is 19.4. The molecule has 0 spiro atoms. The molecule has 0 saturated heterocycles. The predicted octanol–water partition coefficient (Wildman–Crippen LogP) is 7.97. The maximum atomic E-state index is 15.1. The molecule has 0 fully saturated rings. The SMILES string of the molecule is CCCCCCC1=Cc2cc(F)c(-c3ccc(OC(F)(F)F)c(F)c3)c(F)c2CC1. The average Bonchev–Trinajstić information content (AvgIpc) is 2.66. The van der Waals surface area contributed by atoms with Gasteiger partial charge in [0, 0.05) is 0 Å². The summed E-state index contributed by atoms with van der Waals surface area (Å²) >= 11 is 0. The van der Waals surface area contributed by atoms with Crippen molar-refractivity contribution in [2.24, 2.45) is 0 Å². The standard InChI is InChI=1S/C23H22F6O/c1-2-3-4-5-6-14-7-9-17-16(11-14)13-19(25)21(22(17)26)15-8-10-20(18(24)12-15)30-23(27,28)29/h8,10-13H,2-7,9H2,1H3. The van der Waals surface area contributed by atoms with Gasteiger partial charge in [-0.1, -0.05) is 43.9 Å². The van der Waals surface area contributed by atoms with Crippen LogP contribution >= 0.6 is 0 Å². The molecule has 0 radical (unpaired) electrons. The molecule has 0 aromatic heterocycles. The van der Waals surface area contributed by atoms with E-state index in [1.165, 1.54) is 6.07 Å². The van der Waals surface area contributed by atoms with Gasteiger partial charge in [-0.25, -0.2) is 13.2 Å². The van der Waals surface area contributed by atoms with E-state index < -0.39 is 35.1 Å². The average molecular weight is 428 g/mol. The van der Waals surface area contributed by atoms with Crippen molar-refractivity contribution in [2.75, 3.05) is 0 Å². The second-order valence-electron chi connectivity index (χ2n) is 7.42. The van der Waals surface area contributed by atoms with Crippen LogP contribution in [0.15, 0.2) is 29.8 Å². The molecule has 1 aliphatic rings. The third-order valence-corrected chi connectivity index (χ3v) is 5.21. The Balaban J connectivity index is 1.89. The van der Waals surface area contributed by atoms with Crippen molar-refractivity contribution in [2.45, 2.75) is 58.2 Å². The fraction of sp³-hybridized carbons (Fsp3) is 0.391. The second-order valence-corrected chi connectivity index (χ2v) is 7.42. The van der Waals surface area contributed by atoms with Gasteiger partial charge in [-0.3, -0.25) is 0 Å². The Morgan fingerprint density at radius 3 is 2.37 bits per heavy atom. The smallest absolute Gasteiger partial charge is 0.403 e. The van der Waals surface area contributed by atoms with E-state index in [0.29, 0.717) is 36.1 Å². The molecule has 30 heavy (non-hydrogen) atoms. The molecule has 0 atom stereocenters. The Morgan fingerprint density at radius 1 is 0.933 bits per heavy atom. The number of halogens is 6. The van der Waals surface area contributed by atoms with Crippen LogP contribution in [0.1, 0.15) is 56.6 Å². The zero-order chi connectivity index (χ0) is 21.9. The van der Waals surface area contributed by atoms with Gasteiger partial charge in [0.1, 0.15) is 11.6 Å². The molecule has 2 aromatic carbocycles. The first kappa shape index (κ1) is 22.2. The maximum absolute atomic E-state index is 15.1. The molecule has 0 saturated carbocycles. The van der Waals surface area contributed by atoms with E-state index in [2.05, 4.69) is 11.7 Å². The maximum Gasteiger partial charge on any atom is 0.573 e. The molecule has 0 N–H and O–H groups in total. The molecular formula is C23H22F6O. The zero-order valence-corrected chi connectivity index (χ0v) is 16.5. The molecule has 162 valence electrons. The lowest BCUT2D eigenvalue weighted by Crippen LogP contribution is -2.18.